The van der Waals surface area contributed by atoms with Crippen LogP contribution >= 0.6 is 0 Å². The smallest absolute Gasteiger partial charge is 0.0944 e. The number of anilines is 1. The summed E-state index contributed by atoms with van der Waals surface area (Å²) >= 11 is 0. The second-order valence-corrected chi connectivity index (χ2v) is 3.07. The van der Waals surface area contributed by atoms with E-state index in [4.69, 9.17) is 0 Å². The predicted molar refractivity (Wildman–Crippen MR) is 54.9 cm³/mol. The quantitative estimate of drug-likeness (QED) is 0.756. The van der Waals surface area contributed by atoms with Crippen molar-refractivity contribution < 1.29 is 0 Å². The first-order chi connectivity index (χ1) is 6.31. The maximum Gasteiger partial charge on any atom is 0.0944 e. The zero-order valence-corrected chi connectivity index (χ0v) is 7.91. The Bertz CT molecular complexity index is 417. The zero-order valence-electron chi connectivity index (χ0n) is 7.91. The van der Waals surface area contributed by atoms with Gasteiger partial charge in [-0.25, -0.2) is 0 Å². The first kappa shape index (κ1) is 8.10. The highest BCUT2D eigenvalue weighted by Gasteiger charge is 2.01. The Kier molecular flexibility index (Phi) is 1.93. The van der Waals surface area contributed by atoms with Crippen molar-refractivity contribution in [2.75, 3.05) is 11.9 Å². The van der Waals surface area contributed by atoms with Crippen LogP contribution in [0.15, 0.2) is 24.4 Å². The van der Waals surface area contributed by atoms with Crippen molar-refractivity contribution in [2.45, 2.75) is 6.92 Å². The van der Waals surface area contributed by atoms with Gasteiger partial charge < -0.3 is 5.32 Å². The SMILES string of the molecule is CCNc1cccc2nn(C)cc12. The standard InChI is InChI=1S/C10H13N3/c1-3-11-9-5-4-6-10-8(9)7-13(2)12-10/h4-7,11H,3H2,1-2H3. The zero-order chi connectivity index (χ0) is 9.26. The molecule has 0 bridgehead atoms. The number of rotatable bonds is 2. The lowest BCUT2D eigenvalue weighted by Gasteiger charge is -2.02. The molecule has 1 N–H and O–H groups in total. The van der Waals surface area contributed by atoms with Crippen LogP contribution in [-0.2, 0) is 7.05 Å². The van der Waals surface area contributed by atoms with Crippen LogP contribution in [0.3, 0.4) is 0 Å². The minimum absolute atomic E-state index is 0.938. The third-order valence-corrected chi connectivity index (χ3v) is 2.03. The third kappa shape index (κ3) is 1.37. The minimum Gasteiger partial charge on any atom is -0.385 e. The Hall–Kier alpha value is -1.51. The van der Waals surface area contributed by atoms with Crippen LogP contribution in [-0.4, -0.2) is 16.3 Å². The summed E-state index contributed by atoms with van der Waals surface area (Å²) in [6.45, 7) is 3.03. The van der Waals surface area contributed by atoms with Crippen molar-refractivity contribution in [3.63, 3.8) is 0 Å². The minimum atomic E-state index is 0.938. The fraction of sp³-hybridized carbons (Fsp3) is 0.300. The molecule has 0 amide bonds. The van der Waals surface area contributed by atoms with Crippen molar-refractivity contribution in [2.24, 2.45) is 7.05 Å². The second-order valence-electron chi connectivity index (χ2n) is 3.07. The van der Waals surface area contributed by atoms with Gasteiger partial charge in [0.25, 0.3) is 0 Å². The summed E-state index contributed by atoms with van der Waals surface area (Å²) in [6.07, 6.45) is 2.04. The van der Waals surface area contributed by atoms with Crippen LogP contribution < -0.4 is 5.32 Å². The average molecular weight is 175 g/mol. The van der Waals surface area contributed by atoms with E-state index in [2.05, 4.69) is 23.4 Å². The molecule has 0 fully saturated rings. The third-order valence-electron chi connectivity index (χ3n) is 2.03. The monoisotopic (exact) mass is 175 g/mol. The topological polar surface area (TPSA) is 29.9 Å². The molecule has 2 rings (SSSR count). The summed E-state index contributed by atoms with van der Waals surface area (Å²) in [5, 5.41) is 8.83. The molecule has 0 unspecified atom stereocenters. The largest absolute Gasteiger partial charge is 0.385 e. The summed E-state index contributed by atoms with van der Waals surface area (Å²) in [5.74, 6) is 0. The van der Waals surface area contributed by atoms with E-state index < -0.39 is 0 Å². The lowest BCUT2D eigenvalue weighted by molar-refractivity contribution is 0.780. The van der Waals surface area contributed by atoms with Crippen LogP contribution in [0.25, 0.3) is 10.9 Å². The number of fused-ring (bicyclic) bond motifs is 1. The van der Waals surface area contributed by atoms with Gasteiger partial charge in [0.05, 0.1) is 5.52 Å². The molecule has 0 aliphatic heterocycles. The van der Waals surface area contributed by atoms with Crippen LogP contribution in [0, 0.1) is 0 Å². The van der Waals surface area contributed by atoms with Gasteiger partial charge in [0.1, 0.15) is 0 Å². The highest BCUT2D eigenvalue weighted by atomic mass is 15.2. The van der Waals surface area contributed by atoms with E-state index in [1.165, 1.54) is 5.39 Å². The molecular weight excluding hydrogens is 162 g/mol. The Morgan fingerprint density at radius 2 is 2.31 bits per heavy atom. The fourth-order valence-corrected chi connectivity index (χ4v) is 1.51. The average Bonchev–Trinajstić information content (AvgIpc) is 2.47. The number of benzene rings is 1. The molecule has 0 radical (unpaired) electrons. The molecule has 1 aromatic carbocycles. The number of nitrogens with zero attached hydrogens (tertiary/aromatic N) is 2. The van der Waals surface area contributed by atoms with E-state index in [1.807, 2.05) is 30.1 Å². The molecule has 0 aliphatic carbocycles. The molecule has 0 aliphatic rings. The second kappa shape index (κ2) is 3.09. The van der Waals surface area contributed by atoms with Crippen LogP contribution in [0.5, 0.6) is 0 Å². The van der Waals surface area contributed by atoms with Gasteiger partial charge in [-0.1, -0.05) is 6.07 Å². The van der Waals surface area contributed by atoms with Crippen LogP contribution in [0.1, 0.15) is 6.92 Å². The molecule has 3 heteroatoms. The van der Waals surface area contributed by atoms with Gasteiger partial charge in [-0.3, -0.25) is 4.68 Å². The molecule has 0 saturated carbocycles. The number of hydrogen-bond acceptors (Lipinski definition) is 2. The molecule has 1 aromatic heterocycles. The molecule has 3 nitrogen and oxygen atoms in total. The van der Waals surface area contributed by atoms with E-state index in [9.17, 15) is 0 Å². The van der Waals surface area contributed by atoms with Crippen LogP contribution in [0.2, 0.25) is 0 Å². The lowest BCUT2D eigenvalue weighted by Crippen LogP contribution is -1.95. The first-order valence-electron chi connectivity index (χ1n) is 4.47. The van der Waals surface area contributed by atoms with E-state index >= 15 is 0 Å². The summed E-state index contributed by atoms with van der Waals surface area (Å²) < 4.78 is 1.84. The molecule has 0 atom stereocenters. The van der Waals surface area contributed by atoms with Gasteiger partial charge in [-0.05, 0) is 19.1 Å². The van der Waals surface area contributed by atoms with Gasteiger partial charge in [-0.2, -0.15) is 5.10 Å². The van der Waals surface area contributed by atoms with Crippen molar-refractivity contribution in [1.29, 1.82) is 0 Å². The number of aromatic nitrogens is 2. The van der Waals surface area contributed by atoms with Crippen molar-refractivity contribution in [3.8, 4) is 0 Å². The van der Waals surface area contributed by atoms with Gasteiger partial charge >= 0.3 is 0 Å². The van der Waals surface area contributed by atoms with Gasteiger partial charge in [0.15, 0.2) is 0 Å². The molecule has 1 heterocycles. The van der Waals surface area contributed by atoms with Gasteiger partial charge in [0.2, 0.25) is 0 Å². The summed E-state index contributed by atoms with van der Waals surface area (Å²) in [5.41, 5.74) is 2.20. The van der Waals surface area contributed by atoms with E-state index in [0.29, 0.717) is 0 Å². The van der Waals surface area contributed by atoms with Gasteiger partial charge in [-0.15, -0.1) is 0 Å². The summed E-state index contributed by atoms with van der Waals surface area (Å²) in [6, 6.07) is 6.12. The molecule has 0 saturated heterocycles. The normalized spacial score (nSPS) is 10.6. The van der Waals surface area contributed by atoms with E-state index in [0.717, 1.165) is 17.7 Å². The van der Waals surface area contributed by atoms with Gasteiger partial charge in [0, 0.05) is 30.9 Å². The highest BCUT2D eigenvalue weighted by molar-refractivity contribution is 5.90. The molecule has 2 aromatic rings. The van der Waals surface area contributed by atoms with Crippen molar-refractivity contribution in [1.82, 2.24) is 9.78 Å². The molecule has 68 valence electrons. The molecular formula is C10H13N3. The Balaban J connectivity index is 2.60. The van der Waals surface area contributed by atoms with Crippen molar-refractivity contribution in [3.05, 3.63) is 24.4 Å². The summed E-state index contributed by atoms with van der Waals surface area (Å²) in [4.78, 5) is 0. The molecule has 0 spiro atoms. The predicted octanol–water partition coefficient (Wildman–Crippen LogP) is 2.01. The first-order valence-corrected chi connectivity index (χ1v) is 4.47. The number of nitrogens with one attached hydrogen (secondary N) is 1. The number of hydrogen-bond donors (Lipinski definition) is 1. The van der Waals surface area contributed by atoms with Crippen LogP contribution in [0.4, 0.5) is 5.69 Å². The Labute approximate surface area is 77.4 Å². The van der Waals surface area contributed by atoms with E-state index in [1.54, 1.807) is 0 Å². The maximum atomic E-state index is 4.33. The molecule has 13 heavy (non-hydrogen) atoms. The van der Waals surface area contributed by atoms with Crippen molar-refractivity contribution >= 4 is 16.6 Å². The Morgan fingerprint density at radius 3 is 3.08 bits per heavy atom. The lowest BCUT2D eigenvalue weighted by atomic mass is 10.2. The highest BCUT2D eigenvalue weighted by Crippen LogP contribution is 2.21. The van der Waals surface area contributed by atoms with E-state index in [-0.39, 0.29) is 0 Å². The summed E-state index contributed by atoms with van der Waals surface area (Å²) in [7, 11) is 1.94. The maximum absolute atomic E-state index is 4.33. The fourth-order valence-electron chi connectivity index (χ4n) is 1.51. The Morgan fingerprint density at radius 1 is 1.46 bits per heavy atom. The number of aryl methyl sites for hydroxylation is 1.